The number of hydrogen-bond donors (Lipinski definition) is 1. The second-order valence-corrected chi connectivity index (χ2v) is 7.76. The van der Waals surface area contributed by atoms with Crippen molar-refractivity contribution in [2.75, 3.05) is 6.54 Å². The molecule has 0 aromatic carbocycles. The van der Waals surface area contributed by atoms with Crippen molar-refractivity contribution in [3.8, 4) is 0 Å². The van der Waals surface area contributed by atoms with Gasteiger partial charge in [0.15, 0.2) is 0 Å². The summed E-state index contributed by atoms with van der Waals surface area (Å²) in [6.07, 6.45) is 9.43. The normalized spacial score (nSPS) is 69.2. The van der Waals surface area contributed by atoms with E-state index in [4.69, 9.17) is 5.73 Å². The topological polar surface area (TPSA) is 26.0 Å². The zero-order valence-electron chi connectivity index (χ0n) is 10.1. The Morgan fingerprint density at radius 3 is 2.06 bits per heavy atom. The zero-order valence-corrected chi connectivity index (χ0v) is 10.1. The molecular weight excluding hydrogens is 194 g/mol. The molecule has 4 atom stereocenters. The molecule has 0 amide bonds. The van der Waals surface area contributed by atoms with Crippen LogP contribution >= 0.6 is 0 Å². The van der Waals surface area contributed by atoms with Crippen LogP contribution in [0.3, 0.4) is 0 Å². The van der Waals surface area contributed by atoms with Gasteiger partial charge in [-0.25, -0.2) is 0 Å². The van der Waals surface area contributed by atoms with Gasteiger partial charge >= 0.3 is 0 Å². The highest BCUT2D eigenvalue weighted by atomic mass is 14.8. The van der Waals surface area contributed by atoms with Gasteiger partial charge in [-0.1, -0.05) is 0 Å². The Bertz CT molecular complexity index is 325. The van der Waals surface area contributed by atoms with Crippen LogP contribution in [0.2, 0.25) is 0 Å². The lowest BCUT2D eigenvalue weighted by Gasteiger charge is -2.74. The first-order valence-electron chi connectivity index (χ1n) is 7.52. The molecule has 2 N–H and O–H groups in total. The van der Waals surface area contributed by atoms with Crippen LogP contribution in [0, 0.1) is 46.8 Å². The Hall–Kier alpha value is -0.0400. The van der Waals surface area contributed by atoms with E-state index in [2.05, 4.69) is 0 Å². The molecule has 0 aliphatic heterocycles. The summed E-state index contributed by atoms with van der Waals surface area (Å²) in [5.74, 6) is 7.71. The van der Waals surface area contributed by atoms with E-state index in [9.17, 15) is 0 Å². The van der Waals surface area contributed by atoms with E-state index >= 15 is 0 Å². The summed E-state index contributed by atoms with van der Waals surface area (Å²) in [6, 6.07) is 0. The molecule has 16 heavy (non-hydrogen) atoms. The number of nitrogens with two attached hydrogens (primary N) is 1. The third-order valence-electron chi connectivity index (χ3n) is 7.65. The van der Waals surface area contributed by atoms with Crippen LogP contribution in [0.25, 0.3) is 0 Å². The maximum atomic E-state index is 6.28. The predicted octanol–water partition coefficient (Wildman–Crippen LogP) is 2.65. The van der Waals surface area contributed by atoms with Gasteiger partial charge in [0.2, 0.25) is 0 Å². The Morgan fingerprint density at radius 1 is 0.812 bits per heavy atom. The van der Waals surface area contributed by atoms with Crippen LogP contribution in [0.15, 0.2) is 0 Å². The van der Waals surface area contributed by atoms with Crippen molar-refractivity contribution < 1.29 is 0 Å². The fourth-order valence-corrected chi connectivity index (χ4v) is 7.54. The summed E-state index contributed by atoms with van der Waals surface area (Å²) in [7, 11) is 0. The molecule has 0 aromatic heterocycles. The molecule has 0 heterocycles. The lowest BCUT2D eigenvalue weighted by Crippen LogP contribution is -2.69. The largest absolute Gasteiger partial charge is 0.330 e. The van der Waals surface area contributed by atoms with Crippen molar-refractivity contribution in [2.45, 2.75) is 38.5 Å². The Kier molecular flexibility index (Phi) is 1.42. The van der Waals surface area contributed by atoms with Gasteiger partial charge in [0.1, 0.15) is 0 Å². The summed E-state index contributed by atoms with van der Waals surface area (Å²) >= 11 is 0. The third-order valence-corrected chi connectivity index (χ3v) is 7.65. The standard InChI is InChI=1S/C15H23N/c16-7-15-6-9-2-11-10-1-8(4-13(11)15)5-14(15)12(10)3-9/h8-14H,1-7,16H2. The Labute approximate surface area is 98.2 Å². The lowest BCUT2D eigenvalue weighted by molar-refractivity contribution is -0.251. The van der Waals surface area contributed by atoms with Crippen molar-refractivity contribution in [1.82, 2.24) is 0 Å². The molecule has 1 heteroatoms. The average molecular weight is 217 g/mol. The van der Waals surface area contributed by atoms with E-state index in [1.165, 1.54) is 6.42 Å². The van der Waals surface area contributed by atoms with Gasteiger partial charge < -0.3 is 5.73 Å². The van der Waals surface area contributed by atoms with Crippen molar-refractivity contribution in [2.24, 2.45) is 52.6 Å². The molecule has 8 bridgehead atoms. The molecule has 0 spiro atoms. The highest BCUT2D eigenvalue weighted by Gasteiger charge is 2.69. The summed E-state index contributed by atoms with van der Waals surface area (Å²) in [6.45, 7) is 1.02. The van der Waals surface area contributed by atoms with Crippen molar-refractivity contribution in [1.29, 1.82) is 0 Å². The molecule has 0 aromatic rings. The maximum Gasteiger partial charge on any atom is -0.00149 e. The molecule has 4 unspecified atom stereocenters. The first-order valence-corrected chi connectivity index (χ1v) is 7.52. The second-order valence-electron chi connectivity index (χ2n) is 7.76. The van der Waals surface area contributed by atoms with Crippen molar-refractivity contribution >= 4 is 0 Å². The molecule has 7 saturated carbocycles. The van der Waals surface area contributed by atoms with Crippen molar-refractivity contribution in [3.63, 3.8) is 0 Å². The minimum atomic E-state index is 0.643. The van der Waals surface area contributed by atoms with Gasteiger partial charge in [0, 0.05) is 0 Å². The highest BCUT2D eigenvalue weighted by molar-refractivity contribution is 5.18. The average Bonchev–Trinajstić information content (AvgIpc) is 2.34. The Balaban J connectivity index is 1.71. The fourth-order valence-electron chi connectivity index (χ4n) is 7.54. The molecule has 88 valence electrons. The van der Waals surface area contributed by atoms with E-state index < -0.39 is 0 Å². The van der Waals surface area contributed by atoms with Gasteiger partial charge in [-0.05, 0) is 91.9 Å². The number of hydrogen-bond acceptors (Lipinski definition) is 1. The van der Waals surface area contributed by atoms with Crippen LogP contribution in [0.4, 0.5) is 0 Å². The first-order chi connectivity index (χ1) is 7.82. The Morgan fingerprint density at radius 2 is 1.44 bits per heavy atom. The highest BCUT2D eigenvalue weighted by Crippen LogP contribution is 2.75. The summed E-state index contributed by atoms with van der Waals surface area (Å²) < 4.78 is 0. The molecule has 0 saturated heterocycles. The van der Waals surface area contributed by atoms with E-state index in [0.717, 1.165) is 48.0 Å². The van der Waals surface area contributed by atoms with Gasteiger partial charge in [0.05, 0.1) is 0 Å². The summed E-state index contributed by atoms with van der Waals surface area (Å²) in [4.78, 5) is 0. The number of rotatable bonds is 1. The smallest absolute Gasteiger partial charge is 0.00149 e. The van der Waals surface area contributed by atoms with Crippen LogP contribution in [0.1, 0.15) is 38.5 Å². The van der Waals surface area contributed by atoms with Crippen LogP contribution in [-0.2, 0) is 0 Å². The SMILES string of the molecule is NCC12CC3CC4C5CC(CC41)CC2C5C3. The zero-order chi connectivity index (χ0) is 10.5. The molecule has 7 aliphatic carbocycles. The molecule has 0 radical (unpaired) electrons. The second kappa shape index (κ2) is 2.53. The van der Waals surface area contributed by atoms with Gasteiger partial charge in [0.25, 0.3) is 0 Å². The molecule has 7 aliphatic rings. The maximum absolute atomic E-state index is 6.28. The fraction of sp³-hybridized carbons (Fsp3) is 1.00. The minimum Gasteiger partial charge on any atom is -0.330 e. The quantitative estimate of drug-likeness (QED) is 0.718. The van der Waals surface area contributed by atoms with Crippen molar-refractivity contribution in [3.05, 3.63) is 0 Å². The van der Waals surface area contributed by atoms with Crippen LogP contribution in [-0.4, -0.2) is 6.54 Å². The van der Waals surface area contributed by atoms with E-state index in [-0.39, 0.29) is 0 Å². The van der Waals surface area contributed by atoms with E-state index in [1.807, 2.05) is 0 Å². The molecule has 7 rings (SSSR count). The van der Waals surface area contributed by atoms with Crippen LogP contribution < -0.4 is 5.73 Å². The van der Waals surface area contributed by atoms with E-state index in [0.29, 0.717) is 5.41 Å². The van der Waals surface area contributed by atoms with E-state index in [1.54, 1.807) is 32.1 Å². The predicted molar refractivity (Wildman–Crippen MR) is 63.6 cm³/mol. The minimum absolute atomic E-state index is 0.643. The molecular formula is C15H23N. The molecule has 1 nitrogen and oxygen atoms in total. The lowest BCUT2D eigenvalue weighted by atomic mass is 9.31. The third kappa shape index (κ3) is 0.749. The molecule has 7 fully saturated rings. The van der Waals surface area contributed by atoms with Gasteiger partial charge in [-0.3, -0.25) is 0 Å². The monoisotopic (exact) mass is 217 g/mol. The summed E-state index contributed by atoms with van der Waals surface area (Å²) in [5.41, 5.74) is 6.92. The van der Waals surface area contributed by atoms with Gasteiger partial charge in [-0.2, -0.15) is 0 Å². The summed E-state index contributed by atoms with van der Waals surface area (Å²) in [5, 5.41) is 0. The van der Waals surface area contributed by atoms with Crippen LogP contribution in [0.5, 0.6) is 0 Å². The van der Waals surface area contributed by atoms with Gasteiger partial charge in [-0.15, -0.1) is 0 Å². The first kappa shape index (κ1) is 8.97.